The van der Waals surface area contributed by atoms with Crippen molar-refractivity contribution in [3.8, 4) is 11.9 Å². The van der Waals surface area contributed by atoms with Crippen LogP contribution < -0.4 is 16.6 Å². The van der Waals surface area contributed by atoms with Gasteiger partial charge in [-0.2, -0.15) is 10.4 Å². The maximum atomic E-state index is 12.1. The van der Waals surface area contributed by atoms with Crippen molar-refractivity contribution in [2.24, 2.45) is 14.1 Å². The molecule has 0 unspecified atom stereocenters. The first-order chi connectivity index (χ1) is 12.3. The van der Waals surface area contributed by atoms with Crippen LogP contribution in [0.15, 0.2) is 34.2 Å². The number of anilines is 2. The molecule has 0 amide bonds. The molecule has 26 heavy (non-hydrogen) atoms. The van der Waals surface area contributed by atoms with Gasteiger partial charge >= 0.3 is 5.69 Å². The van der Waals surface area contributed by atoms with Crippen molar-refractivity contribution in [1.82, 2.24) is 23.9 Å². The van der Waals surface area contributed by atoms with Crippen LogP contribution >= 0.6 is 23.2 Å². The van der Waals surface area contributed by atoms with Crippen LogP contribution in [0.3, 0.4) is 0 Å². The molecule has 9 nitrogen and oxygen atoms in total. The van der Waals surface area contributed by atoms with E-state index >= 15 is 0 Å². The molecule has 0 aliphatic rings. The molecule has 11 heteroatoms. The van der Waals surface area contributed by atoms with E-state index < -0.39 is 11.2 Å². The molecular weight excluding hydrogens is 381 g/mol. The third-order valence-corrected chi connectivity index (χ3v) is 4.11. The first-order valence-electron chi connectivity index (χ1n) is 7.16. The summed E-state index contributed by atoms with van der Waals surface area (Å²) in [4.78, 5) is 28.3. The zero-order chi connectivity index (χ0) is 19.0. The van der Waals surface area contributed by atoms with Gasteiger partial charge in [-0.25, -0.2) is 14.5 Å². The Hall–Kier alpha value is -3.09. The van der Waals surface area contributed by atoms with Gasteiger partial charge in [-0.15, -0.1) is 0 Å². The molecule has 0 aliphatic carbocycles. The summed E-state index contributed by atoms with van der Waals surface area (Å²) < 4.78 is 3.43. The van der Waals surface area contributed by atoms with Gasteiger partial charge in [0.25, 0.3) is 5.56 Å². The van der Waals surface area contributed by atoms with Gasteiger partial charge < -0.3 is 5.32 Å². The highest BCUT2D eigenvalue weighted by Crippen LogP contribution is 2.23. The van der Waals surface area contributed by atoms with Gasteiger partial charge in [0.15, 0.2) is 11.4 Å². The predicted octanol–water partition coefficient (Wildman–Crippen LogP) is 1.59. The average Bonchev–Trinajstić information content (AvgIpc) is 3.06. The van der Waals surface area contributed by atoms with Gasteiger partial charge in [0, 0.05) is 20.3 Å². The van der Waals surface area contributed by atoms with Gasteiger partial charge in [0.2, 0.25) is 0 Å². The van der Waals surface area contributed by atoms with E-state index in [1.807, 2.05) is 6.07 Å². The molecule has 0 aliphatic heterocycles. The fraction of sp³-hybridized carbons (Fsp3) is 0.133. The van der Waals surface area contributed by atoms with E-state index in [1.54, 1.807) is 6.20 Å². The fourth-order valence-corrected chi connectivity index (χ4v) is 2.77. The van der Waals surface area contributed by atoms with Crippen molar-refractivity contribution >= 4 is 34.7 Å². The Morgan fingerprint density at radius 3 is 2.58 bits per heavy atom. The first-order valence-corrected chi connectivity index (χ1v) is 7.92. The Labute approximate surface area is 156 Å². The topological polar surface area (TPSA) is 111 Å². The maximum absolute atomic E-state index is 12.1. The van der Waals surface area contributed by atoms with Crippen molar-refractivity contribution in [3.05, 3.63) is 61.1 Å². The summed E-state index contributed by atoms with van der Waals surface area (Å²) in [6.07, 6.45) is 4.41. The molecule has 3 aromatic heterocycles. The van der Waals surface area contributed by atoms with E-state index in [-0.39, 0.29) is 11.4 Å². The number of nitrogens with one attached hydrogen (secondary N) is 1. The van der Waals surface area contributed by atoms with E-state index in [1.165, 1.54) is 41.8 Å². The lowest BCUT2D eigenvalue weighted by molar-refractivity contribution is 0.689. The highest BCUT2D eigenvalue weighted by molar-refractivity contribution is 6.35. The monoisotopic (exact) mass is 391 g/mol. The number of hydrogen-bond acceptors (Lipinski definition) is 6. The molecule has 0 bridgehead atoms. The van der Waals surface area contributed by atoms with Crippen LogP contribution in [0.25, 0.3) is 5.82 Å². The lowest BCUT2D eigenvalue weighted by Gasteiger charge is -2.12. The maximum Gasteiger partial charge on any atom is 0.332 e. The number of hydrogen-bond donors (Lipinski definition) is 1. The van der Waals surface area contributed by atoms with Crippen LogP contribution in [0.1, 0.15) is 5.56 Å². The standard InChI is InChI=1S/C15H11Cl2N7O2/c1-22-12(10(4-18)14(25)23(2)15(22)26)21-9-6-20-24(7-9)13-11(17)3-8(16)5-19-13/h3,5-7,21H,1-2H3. The van der Waals surface area contributed by atoms with Crippen LogP contribution in [0.5, 0.6) is 0 Å². The number of pyridine rings is 1. The Morgan fingerprint density at radius 2 is 1.92 bits per heavy atom. The Kier molecular flexibility index (Phi) is 4.54. The average molecular weight is 392 g/mol. The largest absolute Gasteiger partial charge is 0.338 e. The molecule has 0 aromatic carbocycles. The summed E-state index contributed by atoms with van der Waals surface area (Å²) in [7, 11) is 2.76. The Bertz CT molecular complexity index is 1170. The van der Waals surface area contributed by atoms with Gasteiger partial charge in [0.1, 0.15) is 11.9 Å². The highest BCUT2D eigenvalue weighted by Gasteiger charge is 2.16. The Balaban J connectivity index is 2.05. The molecule has 0 fully saturated rings. The normalized spacial score (nSPS) is 10.6. The minimum absolute atomic E-state index is 0.0651. The predicted molar refractivity (Wildman–Crippen MR) is 96.3 cm³/mol. The lowest BCUT2D eigenvalue weighted by Crippen LogP contribution is -2.39. The van der Waals surface area contributed by atoms with Gasteiger partial charge in [-0.05, 0) is 6.07 Å². The molecule has 3 aromatic rings. The van der Waals surface area contributed by atoms with Gasteiger partial charge in [-0.3, -0.25) is 13.9 Å². The molecule has 0 atom stereocenters. The van der Waals surface area contributed by atoms with E-state index in [4.69, 9.17) is 23.2 Å². The number of halogens is 2. The number of nitrogens with zero attached hydrogens (tertiary/aromatic N) is 6. The summed E-state index contributed by atoms with van der Waals surface area (Å²) >= 11 is 11.9. The highest BCUT2D eigenvalue weighted by atomic mass is 35.5. The molecule has 0 spiro atoms. The fourth-order valence-electron chi connectivity index (χ4n) is 2.31. The third kappa shape index (κ3) is 2.96. The molecule has 3 heterocycles. The minimum atomic E-state index is -0.687. The van der Waals surface area contributed by atoms with Crippen molar-refractivity contribution < 1.29 is 0 Å². The summed E-state index contributed by atoms with van der Waals surface area (Å²) in [5, 5.41) is 17.0. The van der Waals surface area contributed by atoms with E-state index in [9.17, 15) is 14.9 Å². The zero-order valence-electron chi connectivity index (χ0n) is 13.6. The van der Waals surface area contributed by atoms with E-state index in [0.29, 0.717) is 21.6 Å². The second-order valence-electron chi connectivity index (χ2n) is 5.30. The van der Waals surface area contributed by atoms with Crippen molar-refractivity contribution in [3.63, 3.8) is 0 Å². The first kappa shape index (κ1) is 17.7. The molecule has 1 N–H and O–H groups in total. The smallest absolute Gasteiger partial charge is 0.332 e. The number of nitriles is 1. The van der Waals surface area contributed by atoms with Crippen molar-refractivity contribution in [1.29, 1.82) is 5.26 Å². The molecule has 0 saturated carbocycles. The minimum Gasteiger partial charge on any atom is -0.338 e. The van der Waals surface area contributed by atoms with Gasteiger partial charge in [-0.1, -0.05) is 23.2 Å². The summed E-state index contributed by atoms with van der Waals surface area (Å²) in [6.45, 7) is 0. The second-order valence-corrected chi connectivity index (χ2v) is 6.14. The van der Waals surface area contributed by atoms with E-state index in [0.717, 1.165) is 4.57 Å². The SMILES string of the molecule is Cn1c(Nc2cnn(-c3ncc(Cl)cc3Cl)c2)c(C#N)c(=O)n(C)c1=O. The number of rotatable bonds is 3. The Morgan fingerprint density at radius 1 is 1.19 bits per heavy atom. The van der Waals surface area contributed by atoms with Crippen LogP contribution in [0, 0.1) is 11.3 Å². The summed E-state index contributed by atoms with van der Waals surface area (Å²) in [5.41, 5.74) is -1.01. The van der Waals surface area contributed by atoms with Crippen LogP contribution in [0.4, 0.5) is 11.5 Å². The van der Waals surface area contributed by atoms with Crippen LogP contribution in [0.2, 0.25) is 10.0 Å². The molecule has 0 saturated heterocycles. The molecule has 132 valence electrons. The third-order valence-electron chi connectivity index (χ3n) is 3.63. The quantitative estimate of drug-likeness (QED) is 0.725. The van der Waals surface area contributed by atoms with Crippen molar-refractivity contribution in [2.75, 3.05) is 5.32 Å². The van der Waals surface area contributed by atoms with Gasteiger partial charge in [0.05, 0.1) is 28.1 Å². The lowest BCUT2D eigenvalue weighted by atomic mass is 10.3. The zero-order valence-corrected chi connectivity index (χ0v) is 15.1. The molecule has 0 radical (unpaired) electrons. The second kappa shape index (κ2) is 6.67. The van der Waals surface area contributed by atoms with Crippen molar-refractivity contribution in [2.45, 2.75) is 0 Å². The molecular formula is C15H11Cl2N7O2. The van der Waals surface area contributed by atoms with Crippen LogP contribution in [-0.4, -0.2) is 23.9 Å². The number of aromatic nitrogens is 5. The summed E-state index contributed by atoms with van der Waals surface area (Å²) in [5.74, 6) is 0.415. The molecule has 3 rings (SSSR count). The van der Waals surface area contributed by atoms with Crippen LogP contribution in [-0.2, 0) is 14.1 Å². The van der Waals surface area contributed by atoms with E-state index in [2.05, 4.69) is 15.4 Å². The summed E-state index contributed by atoms with van der Waals surface area (Å²) in [6, 6.07) is 3.34.